The van der Waals surface area contributed by atoms with Gasteiger partial charge in [0, 0.05) is 28.4 Å². The Bertz CT molecular complexity index is 1070. The summed E-state index contributed by atoms with van der Waals surface area (Å²) in [7, 11) is 1.71. The number of rotatable bonds is 6. The van der Waals surface area contributed by atoms with Gasteiger partial charge in [0.2, 0.25) is 0 Å². The van der Waals surface area contributed by atoms with E-state index >= 15 is 0 Å². The Morgan fingerprint density at radius 3 is 2.84 bits per heavy atom. The molecule has 2 saturated heterocycles. The van der Waals surface area contributed by atoms with Crippen LogP contribution < -0.4 is 10.1 Å². The number of nitrogens with zero attached hydrogens (tertiary/aromatic N) is 2. The van der Waals surface area contributed by atoms with Crippen molar-refractivity contribution in [2.24, 2.45) is 5.92 Å². The molecule has 0 amide bonds. The zero-order valence-electron chi connectivity index (χ0n) is 18.4. The molecular weight excluding hydrogens is 406 g/mol. The highest BCUT2D eigenvalue weighted by Crippen LogP contribution is 2.36. The lowest BCUT2D eigenvalue weighted by atomic mass is 9.81. The van der Waals surface area contributed by atoms with Crippen molar-refractivity contribution < 1.29 is 4.74 Å². The van der Waals surface area contributed by atoms with E-state index in [0.29, 0.717) is 5.02 Å². The Morgan fingerprint density at radius 1 is 1.03 bits per heavy atom. The molecule has 5 rings (SSSR count). The molecule has 3 heterocycles. The number of methoxy groups -OCH3 is 1. The molecule has 0 aliphatic carbocycles. The van der Waals surface area contributed by atoms with Gasteiger partial charge in [0.25, 0.3) is 0 Å². The van der Waals surface area contributed by atoms with Crippen LogP contribution in [0, 0.1) is 5.92 Å². The molecule has 4 nitrogen and oxygen atoms in total. The number of ether oxygens (including phenoxy) is 1. The lowest BCUT2D eigenvalue weighted by Gasteiger charge is -2.44. The predicted molar refractivity (Wildman–Crippen MR) is 130 cm³/mol. The Labute approximate surface area is 189 Å². The number of fused-ring (bicyclic) bond motifs is 3. The highest BCUT2D eigenvalue weighted by atomic mass is 35.5. The number of piperidine rings is 2. The van der Waals surface area contributed by atoms with Crippen molar-refractivity contribution in [3.05, 3.63) is 41.4 Å². The summed E-state index contributed by atoms with van der Waals surface area (Å²) >= 11 is 6.25. The number of aromatic nitrogens is 1. The SMILES string of the molecule is COc1ccc2nc3cc(Cl)ccc3c(NCCC[C@H]3CCCN4CCCC[C@H]34)c2c1. The van der Waals surface area contributed by atoms with Crippen LogP contribution in [0.15, 0.2) is 36.4 Å². The molecule has 3 aromatic rings. The van der Waals surface area contributed by atoms with Crippen LogP contribution in [0.25, 0.3) is 21.8 Å². The molecule has 2 fully saturated rings. The van der Waals surface area contributed by atoms with Crippen LogP contribution in [0.5, 0.6) is 5.75 Å². The number of pyridine rings is 1. The number of nitrogens with one attached hydrogen (secondary N) is 1. The third-order valence-corrected chi connectivity index (χ3v) is 7.46. The Morgan fingerprint density at radius 2 is 1.94 bits per heavy atom. The van der Waals surface area contributed by atoms with Crippen LogP contribution in [0.1, 0.15) is 44.9 Å². The first-order chi connectivity index (χ1) is 15.2. The Kier molecular flexibility index (Phi) is 6.20. The van der Waals surface area contributed by atoms with Gasteiger partial charge >= 0.3 is 0 Å². The molecule has 0 radical (unpaired) electrons. The molecule has 5 heteroatoms. The smallest absolute Gasteiger partial charge is 0.119 e. The quantitative estimate of drug-likeness (QED) is 0.352. The maximum atomic E-state index is 6.25. The summed E-state index contributed by atoms with van der Waals surface area (Å²) in [4.78, 5) is 7.60. The van der Waals surface area contributed by atoms with Crippen molar-refractivity contribution in [1.82, 2.24) is 9.88 Å². The largest absolute Gasteiger partial charge is 0.497 e. The van der Waals surface area contributed by atoms with E-state index in [1.807, 2.05) is 24.3 Å². The summed E-state index contributed by atoms with van der Waals surface area (Å²) in [6.07, 6.45) is 9.48. The summed E-state index contributed by atoms with van der Waals surface area (Å²) in [6.45, 7) is 3.61. The molecule has 0 bridgehead atoms. The lowest BCUT2D eigenvalue weighted by Crippen LogP contribution is -2.47. The summed E-state index contributed by atoms with van der Waals surface area (Å²) < 4.78 is 5.48. The summed E-state index contributed by atoms with van der Waals surface area (Å²) in [5.41, 5.74) is 3.03. The van der Waals surface area contributed by atoms with Crippen molar-refractivity contribution in [2.75, 3.05) is 32.1 Å². The van der Waals surface area contributed by atoms with Gasteiger partial charge in [-0.2, -0.15) is 0 Å². The summed E-state index contributed by atoms with van der Waals surface area (Å²) in [6, 6.07) is 12.9. The Balaban J connectivity index is 1.35. The number of hydrogen-bond donors (Lipinski definition) is 1. The maximum Gasteiger partial charge on any atom is 0.119 e. The zero-order valence-corrected chi connectivity index (χ0v) is 19.1. The summed E-state index contributed by atoms with van der Waals surface area (Å²) in [5.74, 6) is 1.71. The molecule has 0 saturated carbocycles. The standard InChI is InChI=1S/C26H32ClN3O/c1-31-20-10-12-23-22(17-20)26(21-11-9-19(27)16-24(21)29-23)28-13-4-6-18-7-5-15-30-14-3-2-8-25(18)30/h9-12,16-18,25H,2-8,13-15H2,1H3,(H,28,29)/t18-,25+/m0/s1. The average Bonchev–Trinajstić information content (AvgIpc) is 2.80. The van der Waals surface area contributed by atoms with E-state index in [-0.39, 0.29) is 0 Å². The van der Waals surface area contributed by atoms with Crippen LogP contribution >= 0.6 is 11.6 Å². The lowest BCUT2D eigenvalue weighted by molar-refractivity contribution is 0.0553. The molecule has 2 aliphatic rings. The first-order valence-electron chi connectivity index (χ1n) is 11.8. The van der Waals surface area contributed by atoms with Crippen molar-refractivity contribution >= 4 is 39.1 Å². The predicted octanol–water partition coefficient (Wildman–Crippen LogP) is 6.51. The van der Waals surface area contributed by atoms with Gasteiger partial charge in [-0.15, -0.1) is 0 Å². The number of hydrogen-bond acceptors (Lipinski definition) is 4. The van der Waals surface area contributed by atoms with E-state index in [1.54, 1.807) is 7.11 Å². The van der Waals surface area contributed by atoms with Gasteiger partial charge in [0.15, 0.2) is 0 Å². The molecule has 2 aromatic carbocycles. The van der Waals surface area contributed by atoms with Crippen molar-refractivity contribution in [2.45, 2.75) is 51.0 Å². The Hall–Kier alpha value is -2.04. The monoisotopic (exact) mass is 437 g/mol. The van der Waals surface area contributed by atoms with Crippen molar-refractivity contribution in [3.63, 3.8) is 0 Å². The fourth-order valence-corrected chi connectivity index (χ4v) is 5.87. The molecule has 0 spiro atoms. The maximum absolute atomic E-state index is 6.25. The van der Waals surface area contributed by atoms with Gasteiger partial charge in [0.1, 0.15) is 5.75 Å². The second-order valence-electron chi connectivity index (χ2n) is 9.10. The number of benzene rings is 2. The zero-order chi connectivity index (χ0) is 21.2. The topological polar surface area (TPSA) is 37.4 Å². The van der Waals surface area contributed by atoms with E-state index in [4.69, 9.17) is 21.3 Å². The van der Waals surface area contributed by atoms with Gasteiger partial charge in [-0.05, 0) is 93.9 Å². The van der Waals surface area contributed by atoms with E-state index in [9.17, 15) is 0 Å². The molecule has 31 heavy (non-hydrogen) atoms. The fourth-order valence-electron chi connectivity index (χ4n) is 5.71. The third-order valence-electron chi connectivity index (χ3n) is 7.23. The highest BCUT2D eigenvalue weighted by molar-refractivity contribution is 6.31. The van der Waals surface area contributed by atoms with Crippen LogP contribution in [-0.2, 0) is 0 Å². The van der Waals surface area contributed by atoms with Gasteiger partial charge in [-0.3, -0.25) is 0 Å². The van der Waals surface area contributed by atoms with Crippen LogP contribution in [0.2, 0.25) is 5.02 Å². The molecule has 0 unspecified atom stereocenters. The highest BCUT2D eigenvalue weighted by Gasteiger charge is 2.32. The summed E-state index contributed by atoms with van der Waals surface area (Å²) in [5, 5.41) is 6.69. The fraction of sp³-hybridized carbons (Fsp3) is 0.500. The normalized spacial score (nSPS) is 21.9. The van der Waals surface area contributed by atoms with Gasteiger partial charge in [0.05, 0.1) is 23.8 Å². The first-order valence-corrected chi connectivity index (χ1v) is 12.2. The van der Waals surface area contributed by atoms with Crippen LogP contribution in [-0.4, -0.2) is 42.7 Å². The minimum Gasteiger partial charge on any atom is -0.497 e. The van der Waals surface area contributed by atoms with Gasteiger partial charge in [-0.1, -0.05) is 18.0 Å². The molecule has 1 N–H and O–H groups in total. The van der Waals surface area contributed by atoms with E-state index in [2.05, 4.69) is 22.3 Å². The van der Waals surface area contributed by atoms with Crippen LogP contribution in [0.4, 0.5) is 5.69 Å². The van der Waals surface area contributed by atoms with E-state index in [1.165, 1.54) is 58.0 Å². The van der Waals surface area contributed by atoms with Crippen molar-refractivity contribution in [3.8, 4) is 5.75 Å². The van der Waals surface area contributed by atoms with Crippen molar-refractivity contribution in [1.29, 1.82) is 0 Å². The third kappa shape index (κ3) is 4.33. The minimum atomic E-state index is 0.716. The first kappa shape index (κ1) is 20.8. The van der Waals surface area contributed by atoms with E-state index in [0.717, 1.165) is 51.7 Å². The number of anilines is 1. The number of halogens is 1. The minimum absolute atomic E-state index is 0.716. The molecule has 1 aromatic heterocycles. The molecule has 164 valence electrons. The molecule has 2 atom stereocenters. The second-order valence-corrected chi connectivity index (χ2v) is 9.54. The average molecular weight is 438 g/mol. The molecular formula is C26H32ClN3O. The molecule has 2 aliphatic heterocycles. The van der Waals surface area contributed by atoms with Gasteiger partial charge < -0.3 is 15.0 Å². The van der Waals surface area contributed by atoms with E-state index < -0.39 is 0 Å². The van der Waals surface area contributed by atoms with Gasteiger partial charge in [-0.25, -0.2) is 4.98 Å². The second kappa shape index (κ2) is 9.22. The van der Waals surface area contributed by atoms with Crippen LogP contribution in [0.3, 0.4) is 0 Å².